The quantitative estimate of drug-likeness (QED) is 0.755. The number of benzene rings is 1. The van der Waals surface area contributed by atoms with Gasteiger partial charge >= 0.3 is 0 Å². The zero-order valence-corrected chi connectivity index (χ0v) is 12.2. The highest BCUT2D eigenvalue weighted by Crippen LogP contribution is 2.42. The van der Waals surface area contributed by atoms with Gasteiger partial charge in [-0.05, 0) is 49.6 Å². The first-order valence-corrected chi connectivity index (χ1v) is 7.81. The van der Waals surface area contributed by atoms with Crippen LogP contribution >= 0.6 is 23.4 Å². The molecule has 1 aromatic rings. The van der Waals surface area contributed by atoms with Crippen LogP contribution in [0.1, 0.15) is 19.8 Å². The van der Waals surface area contributed by atoms with Crippen LogP contribution in [0.3, 0.4) is 0 Å². The second kappa shape index (κ2) is 6.29. The molecule has 0 radical (unpaired) electrons. The smallest absolute Gasteiger partial charge is 0.0624 e. The third-order valence-corrected chi connectivity index (χ3v) is 5.00. The first-order valence-electron chi connectivity index (χ1n) is 6.44. The van der Waals surface area contributed by atoms with E-state index in [4.69, 9.17) is 11.6 Å². The van der Waals surface area contributed by atoms with Crippen LogP contribution in [0.2, 0.25) is 5.02 Å². The summed E-state index contributed by atoms with van der Waals surface area (Å²) in [6.45, 7) is 3.21. The Kier molecular flexibility index (Phi) is 4.96. The van der Waals surface area contributed by atoms with Gasteiger partial charge in [-0.15, -0.1) is 11.8 Å². The summed E-state index contributed by atoms with van der Waals surface area (Å²) in [6, 6.07) is 7.89. The van der Waals surface area contributed by atoms with E-state index in [2.05, 4.69) is 12.2 Å². The minimum Gasteiger partial charge on any atom is -0.394 e. The Morgan fingerprint density at radius 2 is 2.06 bits per heavy atom. The fourth-order valence-electron chi connectivity index (χ4n) is 2.27. The molecule has 1 aliphatic rings. The summed E-state index contributed by atoms with van der Waals surface area (Å²) in [6.07, 6.45) is 2.46. The van der Waals surface area contributed by atoms with Crippen LogP contribution in [0.15, 0.2) is 29.2 Å². The molecule has 0 amide bonds. The van der Waals surface area contributed by atoms with Crippen molar-refractivity contribution in [3.05, 3.63) is 29.3 Å². The van der Waals surface area contributed by atoms with Gasteiger partial charge in [0.05, 0.1) is 12.1 Å². The van der Waals surface area contributed by atoms with Gasteiger partial charge in [-0.1, -0.05) is 18.5 Å². The standard InChI is InChI=1S/C14H20ClNOS/c1-2-16-14(9-17,11-3-4-11)10-18-13-7-5-12(15)6-8-13/h5-8,11,16-17H,2-4,9-10H2,1H3. The number of aliphatic hydroxyl groups excluding tert-OH is 1. The lowest BCUT2D eigenvalue weighted by Crippen LogP contribution is -2.52. The molecule has 1 aliphatic carbocycles. The highest BCUT2D eigenvalue weighted by atomic mass is 35.5. The first-order chi connectivity index (χ1) is 8.70. The molecule has 0 aliphatic heterocycles. The Balaban J connectivity index is 1.98. The number of nitrogens with one attached hydrogen (secondary N) is 1. The van der Waals surface area contributed by atoms with Gasteiger partial charge in [0.25, 0.3) is 0 Å². The van der Waals surface area contributed by atoms with Gasteiger partial charge in [-0.25, -0.2) is 0 Å². The molecule has 0 aromatic heterocycles. The normalized spacial score (nSPS) is 18.6. The van der Waals surface area contributed by atoms with E-state index in [1.807, 2.05) is 24.3 Å². The van der Waals surface area contributed by atoms with E-state index in [1.54, 1.807) is 11.8 Å². The second-order valence-corrected chi connectivity index (χ2v) is 6.35. The molecule has 2 nitrogen and oxygen atoms in total. The maximum atomic E-state index is 9.74. The number of hydrogen-bond donors (Lipinski definition) is 2. The SMILES string of the molecule is CCNC(CO)(CSc1ccc(Cl)cc1)C1CC1. The Labute approximate surface area is 118 Å². The number of thioether (sulfide) groups is 1. The zero-order valence-electron chi connectivity index (χ0n) is 10.7. The lowest BCUT2D eigenvalue weighted by Gasteiger charge is -2.33. The van der Waals surface area contributed by atoms with Gasteiger partial charge in [-0.3, -0.25) is 0 Å². The van der Waals surface area contributed by atoms with E-state index in [0.717, 1.165) is 17.3 Å². The number of halogens is 1. The Bertz CT molecular complexity index is 380. The second-order valence-electron chi connectivity index (χ2n) is 4.86. The van der Waals surface area contributed by atoms with Crippen LogP contribution in [0.25, 0.3) is 0 Å². The number of likely N-dealkylation sites (N-methyl/N-ethyl adjacent to an activating group) is 1. The minimum absolute atomic E-state index is 0.112. The van der Waals surface area contributed by atoms with Crippen LogP contribution in [0.5, 0.6) is 0 Å². The fourth-order valence-corrected chi connectivity index (χ4v) is 3.58. The molecule has 18 heavy (non-hydrogen) atoms. The predicted molar refractivity (Wildman–Crippen MR) is 78.4 cm³/mol. The van der Waals surface area contributed by atoms with Gasteiger partial charge in [-0.2, -0.15) is 0 Å². The molecule has 0 heterocycles. The summed E-state index contributed by atoms with van der Waals surface area (Å²) in [4.78, 5) is 1.20. The molecule has 2 N–H and O–H groups in total. The highest BCUT2D eigenvalue weighted by molar-refractivity contribution is 7.99. The number of rotatable bonds is 7. The summed E-state index contributed by atoms with van der Waals surface area (Å²) in [7, 11) is 0. The van der Waals surface area contributed by atoms with Crippen molar-refractivity contribution in [3.8, 4) is 0 Å². The molecule has 0 saturated heterocycles. The molecule has 100 valence electrons. The van der Waals surface area contributed by atoms with Crippen molar-refractivity contribution in [3.63, 3.8) is 0 Å². The largest absolute Gasteiger partial charge is 0.394 e. The van der Waals surface area contributed by atoms with Crippen molar-refractivity contribution < 1.29 is 5.11 Å². The van der Waals surface area contributed by atoms with Crippen molar-refractivity contribution in [2.24, 2.45) is 5.92 Å². The fraction of sp³-hybridized carbons (Fsp3) is 0.571. The molecule has 4 heteroatoms. The van der Waals surface area contributed by atoms with Crippen molar-refractivity contribution in [2.45, 2.75) is 30.2 Å². The summed E-state index contributed by atoms with van der Waals surface area (Å²) in [5, 5.41) is 14.0. The monoisotopic (exact) mass is 285 g/mol. The predicted octanol–water partition coefficient (Wildman–Crippen LogP) is 3.18. The molecule has 1 saturated carbocycles. The van der Waals surface area contributed by atoms with Crippen LogP contribution in [0.4, 0.5) is 0 Å². The van der Waals surface area contributed by atoms with Gasteiger partial charge in [0, 0.05) is 15.7 Å². The maximum absolute atomic E-state index is 9.74. The molecular formula is C14H20ClNOS. The number of hydrogen-bond acceptors (Lipinski definition) is 3. The zero-order chi connectivity index (χ0) is 13.0. The summed E-state index contributed by atoms with van der Waals surface area (Å²) in [5.41, 5.74) is -0.112. The van der Waals surface area contributed by atoms with E-state index in [9.17, 15) is 5.11 Å². The summed E-state index contributed by atoms with van der Waals surface area (Å²) in [5.74, 6) is 1.53. The Morgan fingerprint density at radius 1 is 1.39 bits per heavy atom. The van der Waals surface area contributed by atoms with Crippen molar-refractivity contribution >= 4 is 23.4 Å². The number of aliphatic hydroxyl groups is 1. The van der Waals surface area contributed by atoms with Crippen LogP contribution in [0, 0.1) is 5.92 Å². The van der Waals surface area contributed by atoms with Crippen molar-refractivity contribution in [2.75, 3.05) is 18.9 Å². The van der Waals surface area contributed by atoms with Gasteiger partial charge in [0.1, 0.15) is 0 Å². The third-order valence-electron chi connectivity index (χ3n) is 3.48. The third kappa shape index (κ3) is 3.41. The van der Waals surface area contributed by atoms with E-state index in [0.29, 0.717) is 5.92 Å². The molecule has 1 atom stereocenters. The van der Waals surface area contributed by atoms with E-state index < -0.39 is 0 Å². The van der Waals surface area contributed by atoms with Crippen LogP contribution in [-0.2, 0) is 0 Å². The molecular weight excluding hydrogens is 266 g/mol. The van der Waals surface area contributed by atoms with Crippen molar-refractivity contribution in [1.29, 1.82) is 0 Å². The lowest BCUT2D eigenvalue weighted by molar-refractivity contribution is 0.161. The summed E-state index contributed by atoms with van der Waals surface area (Å²) >= 11 is 7.67. The van der Waals surface area contributed by atoms with Crippen LogP contribution < -0.4 is 5.32 Å². The molecule has 2 rings (SSSR count). The maximum Gasteiger partial charge on any atom is 0.0624 e. The lowest BCUT2D eigenvalue weighted by atomic mass is 9.97. The van der Waals surface area contributed by atoms with Gasteiger partial charge in [0.15, 0.2) is 0 Å². The average Bonchev–Trinajstić information content (AvgIpc) is 3.21. The average molecular weight is 286 g/mol. The van der Waals surface area contributed by atoms with Crippen LogP contribution in [-0.4, -0.2) is 29.5 Å². The minimum atomic E-state index is -0.112. The molecule has 1 unspecified atom stereocenters. The van der Waals surface area contributed by atoms with Crippen molar-refractivity contribution in [1.82, 2.24) is 5.32 Å². The highest BCUT2D eigenvalue weighted by Gasteiger charge is 2.44. The van der Waals surface area contributed by atoms with Gasteiger partial charge in [0.2, 0.25) is 0 Å². The van der Waals surface area contributed by atoms with E-state index >= 15 is 0 Å². The topological polar surface area (TPSA) is 32.3 Å². The van der Waals surface area contributed by atoms with Gasteiger partial charge < -0.3 is 10.4 Å². The summed E-state index contributed by atoms with van der Waals surface area (Å²) < 4.78 is 0. The molecule has 1 fully saturated rings. The first kappa shape index (κ1) is 14.2. The Morgan fingerprint density at radius 3 is 2.56 bits per heavy atom. The Hall–Kier alpha value is -0.220. The van der Waals surface area contributed by atoms with E-state index in [1.165, 1.54) is 17.7 Å². The molecule has 1 aromatic carbocycles. The molecule has 0 spiro atoms. The molecule has 0 bridgehead atoms. The van der Waals surface area contributed by atoms with E-state index in [-0.39, 0.29) is 12.1 Å².